The topological polar surface area (TPSA) is 45.9 Å². The molecular weight excluding hydrogens is 202 g/mol. The minimum atomic E-state index is -2.58. The monoisotopic (exact) mass is 212 g/mol. The number of aromatic nitrogens is 1. The van der Waals surface area contributed by atoms with Gasteiger partial charge in [-0.15, -0.1) is 0 Å². The molecule has 3 nitrogen and oxygen atoms in total. The molecule has 1 aromatic rings. The third kappa shape index (κ3) is 2.40. The molecule has 0 fully saturated rings. The van der Waals surface area contributed by atoms with Gasteiger partial charge in [-0.25, -0.2) is 13.8 Å². The van der Waals surface area contributed by atoms with Gasteiger partial charge in [-0.2, -0.15) is 5.26 Å². The zero-order chi connectivity index (χ0) is 11.4. The van der Waals surface area contributed by atoms with Gasteiger partial charge in [0.1, 0.15) is 0 Å². The third-order valence-corrected chi connectivity index (χ3v) is 2.01. The smallest absolute Gasteiger partial charge is 0.264 e. The minimum absolute atomic E-state index is 0.00361. The van der Waals surface area contributed by atoms with E-state index in [4.69, 9.17) is 10.00 Å². The maximum absolute atomic E-state index is 12.6. The van der Waals surface area contributed by atoms with E-state index in [1.165, 1.54) is 20.1 Å². The van der Waals surface area contributed by atoms with Gasteiger partial charge in [0.05, 0.1) is 25.3 Å². The molecule has 1 rings (SSSR count). The van der Waals surface area contributed by atoms with Crippen LogP contribution in [0.1, 0.15) is 23.2 Å². The van der Waals surface area contributed by atoms with E-state index in [0.717, 1.165) is 0 Å². The maximum atomic E-state index is 12.6. The molecule has 0 bridgehead atoms. The number of nitriles is 1. The zero-order valence-corrected chi connectivity index (χ0v) is 8.42. The number of ether oxygens (including phenoxy) is 1. The van der Waals surface area contributed by atoms with Crippen molar-refractivity contribution in [3.63, 3.8) is 0 Å². The highest BCUT2D eigenvalue weighted by Gasteiger charge is 2.16. The Hall–Kier alpha value is -1.70. The first-order valence-electron chi connectivity index (χ1n) is 4.29. The summed E-state index contributed by atoms with van der Waals surface area (Å²) in [7, 11) is 1.36. The number of methoxy groups -OCH3 is 1. The van der Waals surface area contributed by atoms with Crippen LogP contribution in [0.5, 0.6) is 5.88 Å². The van der Waals surface area contributed by atoms with Gasteiger partial charge in [0.15, 0.2) is 0 Å². The van der Waals surface area contributed by atoms with Crippen LogP contribution in [0, 0.1) is 18.3 Å². The molecule has 0 saturated heterocycles. The van der Waals surface area contributed by atoms with E-state index in [9.17, 15) is 8.78 Å². The summed E-state index contributed by atoms with van der Waals surface area (Å²) in [5.74, 6) is 0.151. The quantitative estimate of drug-likeness (QED) is 0.772. The van der Waals surface area contributed by atoms with E-state index in [1.54, 1.807) is 0 Å². The molecule has 0 aromatic carbocycles. The number of hydrogen-bond donors (Lipinski definition) is 0. The minimum Gasteiger partial charge on any atom is -0.481 e. The molecule has 80 valence electrons. The van der Waals surface area contributed by atoms with Crippen molar-refractivity contribution in [1.82, 2.24) is 4.98 Å². The van der Waals surface area contributed by atoms with Crippen LogP contribution >= 0.6 is 0 Å². The van der Waals surface area contributed by atoms with E-state index in [1.807, 2.05) is 6.07 Å². The van der Waals surface area contributed by atoms with Crippen molar-refractivity contribution in [1.29, 1.82) is 5.26 Å². The van der Waals surface area contributed by atoms with Gasteiger partial charge in [0.25, 0.3) is 6.43 Å². The normalized spacial score (nSPS) is 10.1. The van der Waals surface area contributed by atoms with Crippen LogP contribution in [-0.2, 0) is 6.42 Å². The summed E-state index contributed by atoms with van der Waals surface area (Å²) in [4.78, 5) is 3.95. The predicted molar refractivity (Wildman–Crippen MR) is 49.8 cm³/mol. The fourth-order valence-corrected chi connectivity index (χ4v) is 1.25. The standard InChI is InChI=1S/C10H10F2N2O/c1-6-8(9(11)12)5-7(3-4-13)14-10(6)15-2/h5,9H,3H2,1-2H3. The molecule has 0 unspecified atom stereocenters. The van der Waals surface area contributed by atoms with Crippen molar-refractivity contribution in [3.05, 3.63) is 22.9 Å². The summed E-state index contributed by atoms with van der Waals surface area (Å²) in [5, 5.41) is 8.46. The van der Waals surface area contributed by atoms with Gasteiger partial charge in [-0.05, 0) is 13.0 Å². The number of pyridine rings is 1. The summed E-state index contributed by atoms with van der Waals surface area (Å²) < 4.78 is 30.1. The molecule has 0 spiro atoms. The van der Waals surface area contributed by atoms with Crippen LogP contribution in [0.3, 0.4) is 0 Å². The van der Waals surface area contributed by atoms with Crippen molar-refractivity contribution in [2.24, 2.45) is 0 Å². The number of hydrogen-bond acceptors (Lipinski definition) is 3. The van der Waals surface area contributed by atoms with E-state index in [-0.39, 0.29) is 17.9 Å². The molecule has 1 heterocycles. The second-order valence-electron chi connectivity index (χ2n) is 2.97. The lowest BCUT2D eigenvalue weighted by Gasteiger charge is -2.10. The summed E-state index contributed by atoms with van der Waals surface area (Å²) in [6.45, 7) is 1.52. The maximum Gasteiger partial charge on any atom is 0.264 e. The lowest BCUT2D eigenvalue weighted by Crippen LogP contribution is -2.01. The van der Waals surface area contributed by atoms with Gasteiger partial charge in [0, 0.05) is 11.1 Å². The number of rotatable bonds is 3. The Morgan fingerprint density at radius 1 is 1.60 bits per heavy atom. The predicted octanol–water partition coefficient (Wildman–Crippen LogP) is 2.40. The van der Waals surface area contributed by atoms with Crippen molar-refractivity contribution >= 4 is 0 Å². The molecule has 0 radical (unpaired) electrons. The number of nitrogens with zero attached hydrogens (tertiary/aromatic N) is 2. The lowest BCUT2D eigenvalue weighted by molar-refractivity contribution is 0.149. The number of alkyl halides is 2. The first-order chi connectivity index (χ1) is 7.10. The molecule has 0 N–H and O–H groups in total. The van der Waals surface area contributed by atoms with Crippen LogP contribution in [-0.4, -0.2) is 12.1 Å². The van der Waals surface area contributed by atoms with Gasteiger partial charge in [0.2, 0.25) is 5.88 Å². The summed E-state index contributed by atoms with van der Waals surface area (Å²) in [5.41, 5.74) is 0.483. The highest BCUT2D eigenvalue weighted by Crippen LogP contribution is 2.28. The van der Waals surface area contributed by atoms with E-state index >= 15 is 0 Å². The highest BCUT2D eigenvalue weighted by atomic mass is 19.3. The molecule has 0 saturated carbocycles. The van der Waals surface area contributed by atoms with Crippen molar-refractivity contribution < 1.29 is 13.5 Å². The zero-order valence-electron chi connectivity index (χ0n) is 8.42. The molecule has 0 aliphatic heterocycles. The molecule has 0 amide bonds. The van der Waals surface area contributed by atoms with Crippen LogP contribution < -0.4 is 4.74 Å². The first kappa shape index (κ1) is 11.4. The Balaban J connectivity index is 3.26. The Morgan fingerprint density at radius 2 is 2.27 bits per heavy atom. The molecule has 0 aliphatic carbocycles. The highest BCUT2D eigenvalue weighted by molar-refractivity contribution is 5.37. The average Bonchev–Trinajstić information content (AvgIpc) is 2.20. The Bertz CT molecular complexity index is 399. The molecule has 0 aliphatic rings. The fourth-order valence-electron chi connectivity index (χ4n) is 1.25. The Morgan fingerprint density at radius 3 is 2.73 bits per heavy atom. The van der Waals surface area contributed by atoms with Gasteiger partial charge in [-0.3, -0.25) is 0 Å². The van der Waals surface area contributed by atoms with Crippen molar-refractivity contribution in [3.8, 4) is 11.9 Å². The van der Waals surface area contributed by atoms with Crippen molar-refractivity contribution in [2.75, 3.05) is 7.11 Å². The summed E-state index contributed by atoms with van der Waals surface area (Å²) in [6, 6.07) is 3.10. The summed E-state index contributed by atoms with van der Waals surface area (Å²) >= 11 is 0. The third-order valence-electron chi connectivity index (χ3n) is 2.01. The second-order valence-corrected chi connectivity index (χ2v) is 2.97. The molecular formula is C10H10F2N2O. The largest absolute Gasteiger partial charge is 0.481 e. The first-order valence-corrected chi connectivity index (χ1v) is 4.29. The SMILES string of the molecule is COc1nc(CC#N)cc(C(F)F)c1C. The van der Waals surface area contributed by atoms with E-state index in [2.05, 4.69) is 4.98 Å². The van der Waals surface area contributed by atoms with Crippen LogP contribution in [0.15, 0.2) is 6.07 Å². The lowest BCUT2D eigenvalue weighted by atomic mass is 10.1. The number of halogens is 2. The van der Waals surface area contributed by atoms with Crippen LogP contribution in [0.25, 0.3) is 0 Å². The van der Waals surface area contributed by atoms with Crippen molar-refractivity contribution in [2.45, 2.75) is 19.8 Å². The Labute approximate surface area is 86.3 Å². The molecule has 15 heavy (non-hydrogen) atoms. The van der Waals surface area contributed by atoms with E-state index < -0.39 is 6.43 Å². The average molecular weight is 212 g/mol. The van der Waals surface area contributed by atoms with Crippen LogP contribution in [0.2, 0.25) is 0 Å². The van der Waals surface area contributed by atoms with Crippen LogP contribution in [0.4, 0.5) is 8.78 Å². The van der Waals surface area contributed by atoms with Gasteiger partial charge >= 0.3 is 0 Å². The fraction of sp³-hybridized carbons (Fsp3) is 0.400. The van der Waals surface area contributed by atoms with Gasteiger partial charge < -0.3 is 4.74 Å². The Kier molecular flexibility index (Phi) is 3.56. The molecule has 1 aromatic heterocycles. The van der Waals surface area contributed by atoms with E-state index in [0.29, 0.717) is 11.3 Å². The molecule has 0 atom stereocenters. The van der Waals surface area contributed by atoms with Gasteiger partial charge in [-0.1, -0.05) is 0 Å². The summed E-state index contributed by atoms with van der Waals surface area (Å²) in [6.07, 6.45) is -2.59. The second kappa shape index (κ2) is 4.69. The molecule has 5 heteroatoms.